The van der Waals surface area contributed by atoms with E-state index in [-0.39, 0.29) is 18.4 Å². The van der Waals surface area contributed by atoms with Crippen molar-refractivity contribution >= 4 is 10.9 Å². The van der Waals surface area contributed by atoms with E-state index < -0.39 is 0 Å². The van der Waals surface area contributed by atoms with Gasteiger partial charge in [-0.1, -0.05) is 55.0 Å². The molecule has 9 heteroatoms. The molecular weight excluding hydrogens is 492 g/mol. The number of nitrogens with zero attached hydrogens (tertiary/aromatic N) is 5. The van der Waals surface area contributed by atoms with Gasteiger partial charge in [-0.15, -0.1) is 5.10 Å². The number of benzene rings is 3. The first kappa shape index (κ1) is 24.8. The van der Waals surface area contributed by atoms with Gasteiger partial charge in [0.1, 0.15) is 0 Å². The molecule has 6 rings (SSSR count). The molecule has 1 atom stereocenters. The largest absolute Gasteiger partial charge is 0.454 e. The van der Waals surface area contributed by atoms with Crippen LogP contribution in [-0.4, -0.2) is 36.9 Å². The quantitative estimate of drug-likeness (QED) is 0.298. The summed E-state index contributed by atoms with van der Waals surface area (Å²) in [7, 11) is 0. The fraction of sp³-hybridized carbons (Fsp3) is 0.267. The monoisotopic (exact) mass is 522 g/mol. The summed E-state index contributed by atoms with van der Waals surface area (Å²) in [5, 5.41) is 13.8. The van der Waals surface area contributed by atoms with Gasteiger partial charge < -0.3 is 14.5 Å². The Balaban J connectivity index is 1.38. The van der Waals surface area contributed by atoms with E-state index in [0.29, 0.717) is 25.2 Å². The summed E-state index contributed by atoms with van der Waals surface area (Å²) in [4.78, 5) is 18.5. The van der Waals surface area contributed by atoms with Gasteiger partial charge in [-0.05, 0) is 70.6 Å². The first-order valence-electron chi connectivity index (χ1n) is 13.1. The molecule has 0 radical (unpaired) electrons. The molecule has 9 nitrogen and oxygen atoms in total. The van der Waals surface area contributed by atoms with Crippen LogP contribution in [-0.2, 0) is 19.6 Å². The highest BCUT2D eigenvalue weighted by atomic mass is 16.7. The second-order valence-corrected chi connectivity index (χ2v) is 9.91. The molecule has 1 N–H and O–H groups in total. The predicted molar refractivity (Wildman–Crippen MR) is 148 cm³/mol. The molecule has 0 bridgehead atoms. The Morgan fingerprint density at radius 3 is 2.67 bits per heavy atom. The number of aromatic amines is 1. The molecule has 1 aliphatic rings. The molecule has 3 heterocycles. The summed E-state index contributed by atoms with van der Waals surface area (Å²) in [6.45, 7) is 5.94. The normalized spacial score (nSPS) is 13.3. The predicted octanol–water partition coefficient (Wildman–Crippen LogP) is 4.75. The fourth-order valence-electron chi connectivity index (χ4n) is 5.18. The van der Waals surface area contributed by atoms with Crippen molar-refractivity contribution in [3.63, 3.8) is 0 Å². The van der Waals surface area contributed by atoms with Gasteiger partial charge in [-0.3, -0.25) is 9.69 Å². The molecule has 0 unspecified atom stereocenters. The Morgan fingerprint density at radius 1 is 0.974 bits per heavy atom. The van der Waals surface area contributed by atoms with Crippen LogP contribution in [0.5, 0.6) is 11.5 Å². The third kappa shape index (κ3) is 5.26. The topological polar surface area (TPSA) is 98.2 Å². The molecule has 0 spiro atoms. The van der Waals surface area contributed by atoms with Gasteiger partial charge in [0.15, 0.2) is 17.3 Å². The Hall–Kier alpha value is -4.50. The van der Waals surface area contributed by atoms with Crippen LogP contribution in [0.25, 0.3) is 10.9 Å². The van der Waals surface area contributed by atoms with Crippen molar-refractivity contribution in [2.75, 3.05) is 6.79 Å². The van der Waals surface area contributed by atoms with Gasteiger partial charge in [0.05, 0.1) is 12.6 Å². The van der Waals surface area contributed by atoms with Crippen molar-refractivity contribution in [1.82, 2.24) is 30.1 Å². The molecule has 198 valence electrons. The van der Waals surface area contributed by atoms with E-state index in [9.17, 15) is 4.79 Å². The molecule has 0 saturated carbocycles. The molecule has 0 amide bonds. The molecule has 5 aromatic rings. The third-order valence-corrected chi connectivity index (χ3v) is 7.13. The van der Waals surface area contributed by atoms with Crippen LogP contribution in [0.2, 0.25) is 0 Å². The van der Waals surface area contributed by atoms with Crippen molar-refractivity contribution in [2.24, 2.45) is 0 Å². The van der Waals surface area contributed by atoms with E-state index in [1.165, 1.54) is 0 Å². The molecule has 3 aromatic carbocycles. The Kier molecular flexibility index (Phi) is 6.81. The number of ether oxygens (including phenoxy) is 2. The lowest BCUT2D eigenvalue weighted by atomic mass is 10.1. The van der Waals surface area contributed by atoms with Crippen molar-refractivity contribution in [3.05, 3.63) is 111 Å². The summed E-state index contributed by atoms with van der Waals surface area (Å²) >= 11 is 0. The molecule has 0 aliphatic carbocycles. The van der Waals surface area contributed by atoms with Crippen LogP contribution in [0.4, 0.5) is 0 Å². The number of nitrogens with one attached hydrogen (secondary N) is 1. The average Bonchev–Trinajstić information content (AvgIpc) is 3.60. The highest BCUT2D eigenvalue weighted by Gasteiger charge is 2.27. The number of tetrazole rings is 1. The third-order valence-electron chi connectivity index (χ3n) is 7.13. The summed E-state index contributed by atoms with van der Waals surface area (Å²) in [5.41, 5.74) is 4.73. The lowest BCUT2D eigenvalue weighted by Crippen LogP contribution is -2.32. The van der Waals surface area contributed by atoms with Gasteiger partial charge in [0.2, 0.25) is 6.79 Å². The summed E-state index contributed by atoms with van der Waals surface area (Å²) in [5.74, 6) is 2.23. The summed E-state index contributed by atoms with van der Waals surface area (Å²) in [6.07, 6.45) is 0.754. The Labute approximate surface area is 226 Å². The Bertz CT molecular complexity index is 1660. The van der Waals surface area contributed by atoms with Gasteiger partial charge in [-0.2, -0.15) is 0 Å². The van der Waals surface area contributed by atoms with E-state index in [4.69, 9.17) is 9.47 Å². The van der Waals surface area contributed by atoms with Gasteiger partial charge in [0.25, 0.3) is 5.56 Å². The number of hydrogen-bond donors (Lipinski definition) is 1. The van der Waals surface area contributed by atoms with E-state index in [1.54, 1.807) is 0 Å². The van der Waals surface area contributed by atoms with Crippen LogP contribution >= 0.6 is 0 Å². The molecular formula is C30H30N6O3. The zero-order valence-corrected chi connectivity index (χ0v) is 22.0. The van der Waals surface area contributed by atoms with Crippen molar-refractivity contribution in [3.8, 4) is 11.5 Å². The maximum Gasteiger partial charge on any atom is 0.252 e. The van der Waals surface area contributed by atoms with E-state index in [2.05, 4.69) is 57.5 Å². The number of pyridine rings is 1. The number of fused-ring (bicyclic) bond motifs is 2. The number of hydrogen-bond acceptors (Lipinski definition) is 7. The summed E-state index contributed by atoms with van der Waals surface area (Å²) < 4.78 is 13.0. The average molecular weight is 523 g/mol. The lowest BCUT2D eigenvalue weighted by Gasteiger charge is -2.30. The maximum absolute atomic E-state index is 13.2. The summed E-state index contributed by atoms with van der Waals surface area (Å²) in [6, 6.07) is 24.0. The van der Waals surface area contributed by atoms with Crippen molar-refractivity contribution in [2.45, 2.75) is 45.9 Å². The molecule has 0 saturated heterocycles. The highest BCUT2D eigenvalue weighted by Crippen LogP contribution is 2.34. The standard InChI is InChI=1S/C30H30N6O3/c1-3-26(29-32-33-34-36(29)17-21-7-5-4-6-8-21)35(16-22-10-12-27-28(14-22)39-19-38-27)18-24-15-23-13-20(2)9-11-25(23)31-30(24)37/h4-15,26H,3,16-19H2,1-2H3,(H,31,37)/t26-/m0/s1. The van der Waals surface area contributed by atoms with E-state index in [1.807, 2.05) is 59.3 Å². The van der Waals surface area contributed by atoms with Crippen LogP contribution in [0.1, 0.15) is 47.5 Å². The zero-order valence-electron chi connectivity index (χ0n) is 22.0. The molecule has 0 fully saturated rings. The minimum absolute atomic E-state index is 0.0965. The first-order valence-corrected chi connectivity index (χ1v) is 13.1. The second kappa shape index (κ2) is 10.7. The smallest absolute Gasteiger partial charge is 0.252 e. The number of aromatic nitrogens is 5. The first-order chi connectivity index (χ1) is 19.1. The van der Waals surface area contributed by atoms with Gasteiger partial charge in [0, 0.05) is 24.2 Å². The number of aryl methyl sites for hydroxylation is 1. The second-order valence-electron chi connectivity index (χ2n) is 9.91. The maximum atomic E-state index is 13.2. The van der Waals surface area contributed by atoms with Crippen LogP contribution < -0.4 is 15.0 Å². The van der Waals surface area contributed by atoms with Crippen LogP contribution in [0.3, 0.4) is 0 Å². The SMILES string of the molecule is CC[C@@H](c1nnnn1Cc1ccccc1)N(Cc1ccc2c(c1)OCO2)Cc1cc2cc(C)ccc2[nH]c1=O. The van der Waals surface area contributed by atoms with E-state index in [0.717, 1.165) is 51.3 Å². The highest BCUT2D eigenvalue weighted by molar-refractivity contribution is 5.79. The van der Waals surface area contributed by atoms with Gasteiger partial charge in [-0.25, -0.2) is 4.68 Å². The zero-order chi connectivity index (χ0) is 26.8. The van der Waals surface area contributed by atoms with Crippen molar-refractivity contribution < 1.29 is 9.47 Å². The lowest BCUT2D eigenvalue weighted by molar-refractivity contribution is 0.161. The van der Waals surface area contributed by atoms with E-state index >= 15 is 0 Å². The number of H-pyrrole nitrogens is 1. The van der Waals surface area contributed by atoms with Crippen LogP contribution in [0, 0.1) is 6.92 Å². The fourth-order valence-corrected chi connectivity index (χ4v) is 5.18. The minimum atomic E-state index is -0.137. The molecule has 1 aliphatic heterocycles. The number of rotatable bonds is 9. The van der Waals surface area contributed by atoms with Gasteiger partial charge >= 0.3 is 0 Å². The Morgan fingerprint density at radius 2 is 1.82 bits per heavy atom. The molecule has 39 heavy (non-hydrogen) atoms. The molecule has 2 aromatic heterocycles. The van der Waals surface area contributed by atoms with Crippen molar-refractivity contribution in [1.29, 1.82) is 0 Å². The minimum Gasteiger partial charge on any atom is -0.454 e. The van der Waals surface area contributed by atoms with Crippen LogP contribution in [0.15, 0.2) is 77.6 Å².